The molecule has 2 aromatic heterocycles. The molecule has 2 aromatic carbocycles. The summed E-state index contributed by atoms with van der Waals surface area (Å²) >= 11 is 1.28. The number of nitrogens with zero attached hydrogens (tertiary/aromatic N) is 5. The number of fused-ring (bicyclic) bond motifs is 2. The van der Waals surface area contributed by atoms with E-state index in [1.165, 1.54) is 11.3 Å². The number of carbonyl (C=O) groups is 2. The van der Waals surface area contributed by atoms with Crippen LogP contribution in [0.25, 0.3) is 17.0 Å². The van der Waals surface area contributed by atoms with Gasteiger partial charge < -0.3 is 23.8 Å². The molecule has 6 rings (SSSR count). The number of hydrogen-bond donors (Lipinski definition) is 0. The zero-order chi connectivity index (χ0) is 31.0. The Kier molecular flexibility index (Phi) is 8.24. The molecule has 0 bridgehead atoms. The highest BCUT2D eigenvalue weighted by molar-refractivity contribution is 7.07. The van der Waals surface area contributed by atoms with Crippen LogP contribution in [0.3, 0.4) is 0 Å². The van der Waals surface area contributed by atoms with E-state index in [-0.39, 0.29) is 24.6 Å². The van der Waals surface area contributed by atoms with Crippen LogP contribution in [0.2, 0.25) is 0 Å². The Balaban J connectivity index is 1.46. The number of morpholine rings is 1. The minimum atomic E-state index is -0.684. The Labute approximate surface area is 258 Å². The number of benzene rings is 2. The van der Waals surface area contributed by atoms with Crippen molar-refractivity contribution in [2.24, 2.45) is 4.99 Å². The normalized spacial score (nSPS) is 17.0. The van der Waals surface area contributed by atoms with Crippen LogP contribution in [-0.2, 0) is 25.6 Å². The first-order valence-corrected chi connectivity index (χ1v) is 15.5. The molecule has 0 saturated carbocycles. The highest BCUT2D eigenvalue weighted by atomic mass is 32.1. The molecule has 0 aliphatic carbocycles. The van der Waals surface area contributed by atoms with Gasteiger partial charge in [-0.25, -0.2) is 9.79 Å². The Morgan fingerprint density at radius 1 is 1.11 bits per heavy atom. The maximum Gasteiger partial charge on any atom is 0.338 e. The number of para-hydroxylation sites is 1. The molecule has 1 fully saturated rings. The van der Waals surface area contributed by atoms with E-state index in [1.54, 1.807) is 18.4 Å². The van der Waals surface area contributed by atoms with Crippen LogP contribution >= 0.6 is 11.3 Å². The van der Waals surface area contributed by atoms with Gasteiger partial charge in [0.15, 0.2) is 4.80 Å². The predicted octanol–water partition coefficient (Wildman–Crippen LogP) is 2.68. The van der Waals surface area contributed by atoms with Crippen molar-refractivity contribution in [2.75, 3.05) is 51.9 Å². The van der Waals surface area contributed by atoms with Crippen LogP contribution in [0.5, 0.6) is 0 Å². The van der Waals surface area contributed by atoms with Crippen molar-refractivity contribution in [1.29, 1.82) is 0 Å². The highest BCUT2D eigenvalue weighted by Crippen LogP contribution is 2.32. The largest absolute Gasteiger partial charge is 0.463 e. The van der Waals surface area contributed by atoms with E-state index in [0.717, 1.165) is 27.7 Å². The summed E-state index contributed by atoms with van der Waals surface area (Å²) in [5.74, 6) is -0.458. The number of carbonyl (C=O) groups excluding carboxylic acids is 2. The number of anilines is 1. The summed E-state index contributed by atoms with van der Waals surface area (Å²) in [4.78, 5) is 49.5. The first-order chi connectivity index (χ1) is 21.3. The van der Waals surface area contributed by atoms with Crippen LogP contribution in [0.1, 0.15) is 31.0 Å². The molecule has 10 nitrogen and oxygen atoms in total. The standard InChI is InChI=1S/C33H35N5O5S/c1-5-43-32(41)29-21(2)34-33-38(30(29)22-10-12-24(13-11-22)35(3)4)31(40)27(44-33)18-23-19-37(26-9-7-6-8-25(23)26)20-28(39)36-14-16-42-17-15-36/h6-13,18-19,30H,5,14-17,20H2,1-4H3/b27-18+/t30-/m1/s1. The van der Waals surface area contributed by atoms with Crippen molar-refractivity contribution >= 4 is 45.9 Å². The van der Waals surface area contributed by atoms with Gasteiger partial charge in [0.1, 0.15) is 6.54 Å². The van der Waals surface area contributed by atoms with Crippen molar-refractivity contribution in [3.8, 4) is 0 Å². The van der Waals surface area contributed by atoms with Gasteiger partial charge in [0.2, 0.25) is 5.91 Å². The second-order valence-corrected chi connectivity index (χ2v) is 12.0. The molecule has 1 amide bonds. The number of thiazole rings is 1. The number of rotatable bonds is 7. The lowest BCUT2D eigenvalue weighted by Gasteiger charge is -2.27. The maximum atomic E-state index is 14.2. The summed E-state index contributed by atoms with van der Waals surface area (Å²) in [6, 6.07) is 15.0. The molecule has 4 heterocycles. The molecular weight excluding hydrogens is 578 g/mol. The molecule has 1 atom stereocenters. The molecule has 1 saturated heterocycles. The summed E-state index contributed by atoms with van der Waals surface area (Å²) in [7, 11) is 3.92. The van der Waals surface area contributed by atoms with Crippen molar-refractivity contribution < 1.29 is 19.1 Å². The maximum absolute atomic E-state index is 14.2. The number of esters is 1. The zero-order valence-electron chi connectivity index (χ0n) is 25.3. The second kappa shape index (κ2) is 12.3. The predicted molar refractivity (Wildman–Crippen MR) is 171 cm³/mol. The van der Waals surface area contributed by atoms with E-state index < -0.39 is 12.0 Å². The van der Waals surface area contributed by atoms with Gasteiger partial charge in [0.25, 0.3) is 5.56 Å². The van der Waals surface area contributed by atoms with E-state index in [4.69, 9.17) is 14.5 Å². The van der Waals surface area contributed by atoms with Crippen LogP contribution in [0.15, 0.2) is 75.8 Å². The summed E-state index contributed by atoms with van der Waals surface area (Å²) in [6.07, 6.45) is 3.78. The lowest BCUT2D eigenvalue weighted by molar-refractivity contribution is -0.139. The van der Waals surface area contributed by atoms with E-state index in [9.17, 15) is 14.4 Å². The molecule has 0 radical (unpaired) electrons. The lowest BCUT2D eigenvalue weighted by atomic mass is 9.95. The number of amides is 1. The fourth-order valence-electron chi connectivity index (χ4n) is 5.78. The van der Waals surface area contributed by atoms with Crippen molar-refractivity contribution in [3.05, 3.63) is 96.8 Å². The number of ether oxygens (including phenoxy) is 2. The smallest absolute Gasteiger partial charge is 0.338 e. The molecule has 2 aliphatic heterocycles. The Morgan fingerprint density at radius 2 is 1.84 bits per heavy atom. The van der Waals surface area contributed by atoms with Gasteiger partial charge in [-0.05, 0) is 43.7 Å². The first-order valence-electron chi connectivity index (χ1n) is 14.7. The molecule has 228 valence electrons. The van der Waals surface area contributed by atoms with E-state index >= 15 is 0 Å². The summed E-state index contributed by atoms with van der Waals surface area (Å²) in [5.41, 5.74) is 4.16. The molecule has 0 unspecified atom stereocenters. The van der Waals surface area contributed by atoms with E-state index in [0.29, 0.717) is 46.9 Å². The quantitative estimate of drug-likeness (QED) is 0.298. The number of aromatic nitrogens is 2. The van der Waals surface area contributed by atoms with Gasteiger partial charge in [0, 0.05) is 55.5 Å². The summed E-state index contributed by atoms with van der Waals surface area (Å²) in [6.45, 7) is 6.20. The van der Waals surface area contributed by atoms with Gasteiger partial charge in [-0.3, -0.25) is 14.2 Å². The molecule has 44 heavy (non-hydrogen) atoms. The highest BCUT2D eigenvalue weighted by Gasteiger charge is 2.33. The summed E-state index contributed by atoms with van der Waals surface area (Å²) in [5, 5.41) is 0.937. The van der Waals surface area contributed by atoms with Crippen molar-refractivity contribution in [1.82, 2.24) is 14.0 Å². The fourth-order valence-corrected chi connectivity index (χ4v) is 6.82. The topological polar surface area (TPSA) is 98.4 Å². The Hall–Kier alpha value is -4.48. The van der Waals surface area contributed by atoms with Gasteiger partial charge in [-0.1, -0.05) is 41.7 Å². The lowest BCUT2D eigenvalue weighted by Crippen LogP contribution is -2.42. The van der Waals surface area contributed by atoms with Crippen molar-refractivity contribution in [2.45, 2.75) is 26.4 Å². The van der Waals surface area contributed by atoms with Gasteiger partial charge in [-0.15, -0.1) is 0 Å². The molecule has 2 aliphatic rings. The monoisotopic (exact) mass is 613 g/mol. The molecule has 0 spiro atoms. The van der Waals surface area contributed by atoms with Gasteiger partial charge in [-0.2, -0.15) is 0 Å². The first kappa shape index (κ1) is 29.6. The van der Waals surface area contributed by atoms with Crippen LogP contribution < -0.4 is 19.8 Å². The summed E-state index contributed by atoms with van der Waals surface area (Å²) < 4.78 is 14.8. The third-order valence-electron chi connectivity index (χ3n) is 8.02. The van der Waals surface area contributed by atoms with E-state index in [1.807, 2.05) is 89.3 Å². The van der Waals surface area contributed by atoms with Crippen molar-refractivity contribution in [3.63, 3.8) is 0 Å². The Bertz CT molecular complexity index is 1940. The van der Waals surface area contributed by atoms with E-state index in [2.05, 4.69) is 0 Å². The molecular formula is C33H35N5O5S. The van der Waals surface area contributed by atoms with Crippen LogP contribution in [-0.4, -0.2) is 72.9 Å². The molecule has 0 N–H and O–H groups in total. The minimum Gasteiger partial charge on any atom is -0.463 e. The SMILES string of the molecule is CCOC(=O)C1=C(C)N=c2s/c(=C/c3cn(CC(=O)N4CCOCC4)c4ccccc34)c(=O)n2[C@@H]1c1ccc(N(C)C)cc1. The fraction of sp³-hybridized carbons (Fsp3) is 0.333. The second-order valence-electron chi connectivity index (χ2n) is 11.0. The van der Waals surface area contributed by atoms with Gasteiger partial charge >= 0.3 is 5.97 Å². The molecule has 11 heteroatoms. The Morgan fingerprint density at radius 3 is 2.55 bits per heavy atom. The third-order valence-corrected chi connectivity index (χ3v) is 9.00. The minimum absolute atomic E-state index is 0.0298. The van der Waals surface area contributed by atoms with Crippen LogP contribution in [0, 0.1) is 0 Å². The number of hydrogen-bond acceptors (Lipinski definition) is 8. The average molecular weight is 614 g/mol. The van der Waals surface area contributed by atoms with Crippen LogP contribution in [0.4, 0.5) is 5.69 Å². The average Bonchev–Trinajstić information content (AvgIpc) is 3.53. The zero-order valence-corrected chi connectivity index (χ0v) is 26.1. The number of allylic oxidation sites excluding steroid dienone is 1. The van der Waals surface area contributed by atoms with Gasteiger partial charge in [0.05, 0.1) is 41.7 Å². The third kappa shape index (κ3) is 5.48. The molecule has 4 aromatic rings.